The number of carbonyl (C=O) groups is 2. The van der Waals surface area contributed by atoms with Crippen LogP contribution in [0.15, 0.2) is 29.2 Å². The highest BCUT2D eigenvalue weighted by Gasteiger charge is 2.28. The molecule has 1 aromatic carbocycles. The van der Waals surface area contributed by atoms with Gasteiger partial charge in [-0.1, -0.05) is 6.07 Å². The molecular weight excluding hydrogens is 356 g/mol. The zero-order chi connectivity index (χ0) is 18.7. The third-order valence-electron chi connectivity index (χ3n) is 4.76. The summed E-state index contributed by atoms with van der Waals surface area (Å²) in [5.74, 6) is -0.438. The second kappa shape index (κ2) is 7.73. The van der Waals surface area contributed by atoms with E-state index in [2.05, 4.69) is 5.32 Å². The molecule has 8 nitrogen and oxygen atoms in total. The standard InChI is InChI=1S/C17H24N4O4S/c1-19-10-11-20(13-16(19)22)17(23)14-4-2-5-15(12-14)26(24,25)21-8-3-6-18-7-9-21/h2,4-5,12,18H,3,6-11,13H2,1H3. The van der Waals surface area contributed by atoms with Crippen molar-refractivity contribution in [3.05, 3.63) is 29.8 Å². The molecule has 2 aliphatic heterocycles. The third kappa shape index (κ3) is 3.89. The Morgan fingerprint density at radius 3 is 2.69 bits per heavy atom. The first-order valence-corrected chi connectivity index (χ1v) is 10.2. The van der Waals surface area contributed by atoms with E-state index in [1.807, 2.05) is 0 Å². The van der Waals surface area contributed by atoms with Crippen molar-refractivity contribution in [2.75, 3.05) is 52.9 Å². The number of likely N-dealkylation sites (N-methyl/N-ethyl adjacent to an activating group) is 1. The highest BCUT2D eigenvalue weighted by molar-refractivity contribution is 7.89. The van der Waals surface area contributed by atoms with Crippen molar-refractivity contribution in [1.29, 1.82) is 0 Å². The van der Waals surface area contributed by atoms with E-state index in [0.29, 0.717) is 32.7 Å². The average Bonchev–Trinajstić information content (AvgIpc) is 2.93. The molecule has 2 heterocycles. The van der Waals surface area contributed by atoms with Crippen LogP contribution < -0.4 is 5.32 Å². The van der Waals surface area contributed by atoms with Crippen molar-refractivity contribution < 1.29 is 18.0 Å². The molecule has 2 fully saturated rings. The van der Waals surface area contributed by atoms with Gasteiger partial charge in [0.1, 0.15) is 6.54 Å². The van der Waals surface area contributed by atoms with E-state index < -0.39 is 10.0 Å². The summed E-state index contributed by atoms with van der Waals surface area (Å²) in [6.07, 6.45) is 0.751. The number of nitrogens with one attached hydrogen (secondary N) is 1. The molecule has 0 saturated carbocycles. The van der Waals surface area contributed by atoms with Crippen LogP contribution in [0.2, 0.25) is 0 Å². The highest BCUT2D eigenvalue weighted by atomic mass is 32.2. The first-order chi connectivity index (χ1) is 12.4. The van der Waals surface area contributed by atoms with Crippen LogP contribution in [0.5, 0.6) is 0 Å². The Kier molecular flexibility index (Phi) is 5.59. The lowest BCUT2D eigenvalue weighted by Crippen LogP contribution is -2.50. The molecule has 0 bridgehead atoms. The van der Waals surface area contributed by atoms with Gasteiger partial charge in [-0.05, 0) is 31.2 Å². The fourth-order valence-electron chi connectivity index (χ4n) is 3.11. The van der Waals surface area contributed by atoms with Gasteiger partial charge in [0.25, 0.3) is 5.91 Å². The summed E-state index contributed by atoms with van der Waals surface area (Å²) in [7, 11) is -1.94. The van der Waals surface area contributed by atoms with Crippen LogP contribution in [-0.4, -0.2) is 87.2 Å². The van der Waals surface area contributed by atoms with Crippen LogP contribution >= 0.6 is 0 Å². The number of nitrogens with zero attached hydrogens (tertiary/aromatic N) is 3. The molecule has 142 valence electrons. The van der Waals surface area contributed by atoms with Crippen LogP contribution in [-0.2, 0) is 14.8 Å². The van der Waals surface area contributed by atoms with Gasteiger partial charge in [-0.2, -0.15) is 4.31 Å². The monoisotopic (exact) mass is 380 g/mol. The maximum atomic E-state index is 12.9. The minimum absolute atomic E-state index is 0.0180. The molecule has 1 aromatic rings. The van der Waals surface area contributed by atoms with Crippen molar-refractivity contribution in [1.82, 2.24) is 19.4 Å². The Morgan fingerprint density at radius 1 is 1.12 bits per heavy atom. The molecule has 0 unspecified atom stereocenters. The molecule has 0 radical (unpaired) electrons. The van der Waals surface area contributed by atoms with Crippen molar-refractivity contribution in [3.63, 3.8) is 0 Å². The summed E-state index contributed by atoms with van der Waals surface area (Å²) < 4.78 is 27.3. The van der Waals surface area contributed by atoms with Gasteiger partial charge in [-0.25, -0.2) is 8.42 Å². The quantitative estimate of drug-likeness (QED) is 0.770. The molecular formula is C17H24N4O4S. The third-order valence-corrected chi connectivity index (χ3v) is 6.66. The zero-order valence-electron chi connectivity index (χ0n) is 14.8. The Balaban J connectivity index is 1.81. The van der Waals surface area contributed by atoms with Gasteiger partial charge in [0.05, 0.1) is 4.90 Å². The first kappa shape index (κ1) is 18.8. The van der Waals surface area contributed by atoms with Crippen LogP contribution in [0.1, 0.15) is 16.8 Å². The molecule has 0 aromatic heterocycles. The lowest BCUT2D eigenvalue weighted by Gasteiger charge is -2.32. The molecule has 9 heteroatoms. The summed E-state index contributed by atoms with van der Waals surface area (Å²) in [6.45, 7) is 3.21. The van der Waals surface area contributed by atoms with E-state index in [0.717, 1.165) is 13.0 Å². The van der Waals surface area contributed by atoms with E-state index in [1.54, 1.807) is 24.1 Å². The van der Waals surface area contributed by atoms with E-state index in [4.69, 9.17) is 0 Å². The Hall–Kier alpha value is -1.97. The van der Waals surface area contributed by atoms with E-state index in [9.17, 15) is 18.0 Å². The molecule has 0 atom stereocenters. The van der Waals surface area contributed by atoms with Crippen molar-refractivity contribution in [3.8, 4) is 0 Å². The number of sulfonamides is 1. The number of amides is 2. The van der Waals surface area contributed by atoms with Gasteiger partial charge < -0.3 is 15.1 Å². The minimum Gasteiger partial charge on any atom is -0.342 e. The second-order valence-corrected chi connectivity index (χ2v) is 8.52. The first-order valence-electron chi connectivity index (χ1n) is 8.74. The lowest BCUT2D eigenvalue weighted by atomic mass is 10.2. The normalized spacial score (nSPS) is 20.1. The number of rotatable bonds is 3. The molecule has 2 saturated heterocycles. The molecule has 2 aliphatic rings. The van der Waals surface area contributed by atoms with E-state index in [-0.39, 0.29) is 28.8 Å². The predicted octanol–water partition coefficient (Wildman–Crippen LogP) is -0.415. The van der Waals surface area contributed by atoms with Gasteiger partial charge in [0.15, 0.2) is 0 Å². The minimum atomic E-state index is -3.64. The predicted molar refractivity (Wildman–Crippen MR) is 96.2 cm³/mol. The van der Waals surface area contributed by atoms with Crippen LogP contribution in [0, 0.1) is 0 Å². The summed E-state index contributed by atoms with van der Waals surface area (Å²) in [6, 6.07) is 6.10. The number of hydrogen-bond donors (Lipinski definition) is 1. The maximum Gasteiger partial charge on any atom is 0.254 e. The van der Waals surface area contributed by atoms with Crippen LogP contribution in [0.25, 0.3) is 0 Å². The molecule has 2 amide bonds. The lowest BCUT2D eigenvalue weighted by molar-refractivity contribution is -0.133. The number of benzene rings is 1. The zero-order valence-corrected chi connectivity index (χ0v) is 15.7. The molecule has 0 spiro atoms. The Labute approximate surface area is 153 Å². The van der Waals surface area contributed by atoms with E-state index >= 15 is 0 Å². The van der Waals surface area contributed by atoms with Gasteiger partial charge in [0.2, 0.25) is 15.9 Å². The number of hydrogen-bond acceptors (Lipinski definition) is 5. The van der Waals surface area contributed by atoms with Crippen molar-refractivity contribution in [2.45, 2.75) is 11.3 Å². The van der Waals surface area contributed by atoms with Gasteiger partial charge in [0, 0.05) is 45.3 Å². The topological polar surface area (TPSA) is 90.0 Å². The summed E-state index contributed by atoms with van der Waals surface area (Å²) in [4.78, 5) is 27.7. The summed E-state index contributed by atoms with van der Waals surface area (Å²) in [5, 5.41) is 3.18. The fraction of sp³-hybridized carbons (Fsp3) is 0.529. The number of carbonyl (C=O) groups excluding carboxylic acids is 2. The largest absolute Gasteiger partial charge is 0.342 e. The summed E-state index contributed by atoms with van der Waals surface area (Å²) >= 11 is 0. The van der Waals surface area contributed by atoms with Crippen molar-refractivity contribution in [2.24, 2.45) is 0 Å². The highest BCUT2D eigenvalue weighted by Crippen LogP contribution is 2.19. The van der Waals surface area contributed by atoms with Gasteiger partial charge in [-0.15, -0.1) is 0 Å². The van der Waals surface area contributed by atoms with Gasteiger partial charge >= 0.3 is 0 Å². The number of piperazine rings is 1. The van der Waals surface area contributed by atoms with Crippen LogP contribution in [0.3, 0.4) is 0 Å². The fourth-order valence-corrected chi connectivity index (χ4v) is 4.64. The molecule has 26 heavy (non-hydrogen) atoms. The molecule has 0 aliphatic carbocycles. The van der Waals surface area contributed by atoms with E-state index in [1.165, 1.54) is 21.3 Å². The average molecular weight is 380 g/mol. The Morgan fingerprint density at radius 2 is 1.92 bits per heavy atom. The maximum absolute atomic E-state index is 12.9. The van der Waals surface area contributed by atoms with Crippen molar-refractivity contribution >= 4 is 21.8 Å². The smallest absolute Gasteiger partial charge is 0.254 e. The molecule has 3 rings (SSSR count). The second-order valence-electron chi connectivity index (χ2n) is 6.58. The summed E-state index contributed by atoms with van der Waals surface area (Å²) in [5.41, 5.74) is 0.288. The Bertz CT molecular complexity index is 788. The van der Waals surface area contributed by atoms with Crippen LogP contribution in [0.4, 0.5) is 0 Å². The SMILES string of the molecule is CN1CCN(C(=O)c2cccc(S(=O)(=O)N3CCCNCC3)c2)CC1=O. The van der Waals surface area contributed by atoms with Gasteiger partial charge in [-0.3, -0.25) is 9.59 Å². The molecule has 1 N–H and O–H groups in total.